The molecule has 0 spiro atoms. The summed E-state index contributed by atoms with van der Waals surface area (Å²) in [5, 5.41) is 14.1. The molecule has 8 nitrogen and oxygen atoms in total. The summed E-state index contributed by atoms with van der Waals surface area (Å²) in [6.07, 6.45) is 4.92. The molecule has 2 heterocycles. The molecule has 3 rings (SSSR count). The Morgan fingerprint density at radius 3 is 2.66 bits per heavy atom. The average Bonchev–Trinajstić information content (AvgIpc) is 3.03. The first-order valence-electron chi connectivity index (χ1n) is 9.36. The normalized spacial score (nSPS) is 15.3. The lowest BCUT2D eigenvalue weighted by atomic mass is 9.88. The molecule has 1 aliphatic carbocycles. The van der Waals surface area contributed by atoms with Crippen LogP contribution in [0, 0.1) is 11.1 Å². The molecule has 0 saturated carbocycles. The standard InChI is InChI=1S/C20H22N2O6S/c1-3-27-20(25)17-14-5-4-12(2)10-15(14)29-18(17)21-16(23)11-28-19(24)13-6-8-22(26)9-7-13/h6-9,12H,3-5,10-11H2,1-2H3,(H,21,23)/t12-/m0/s1. The van der Waals surface area contributed by atoms with Crippen molar-refractivity contribution >= 4 is 34.2 Å². The lowest BCUT2D eigenvalue weighted by Gasteiger charge is -2.18. The van der Waals surface area contributed by atoms with Gasteiger partial charge in [-0.1, -0.05) is 6.92 Å². The predicted molar refractivity (Wildman–Crippen MR) is 106 cm³/mol. The van der Waals surface area contributed by atoms with Crippen molar-refractivity contribution in [2.75, 3.05) is 18.5 Å². The van der Waals surface area contributed by atoms with Gasteiger partial charge in [-0.3, -0.25) is 4.79 Å². The van der Waals surface area contributed by atoms with E-state index in [0.29, 0.717) is 21.2 Å². The summed E-state index contributed by atoms with van der Waals surface area (Å²) < 4.78 is 10.7. The largest absolute Gasteiger partial charge is 0.619 e. The van der Waals surface area contributed by atoms with Crippen molar-refractivity contribution in [3.8, 4) is 0 Å². The number of hydrogen-bond donors (Lipinski definition) is 1. The fraction of sp³-hybridized carbons (Fsp3) is 0.400. The van der Waals surface area contributed by atoms with E-state index in [4.69, 9.17) is 9.47 Å². The molecule has 1 atom stereocenters. The maximum atomic E-state index is 12.5. The summed E-state index contributed by atoms with van der Waals surface area (Å²) in [5.74, 6) is -1.21. The van der Waals surface area contributed by atoms with Gasteiger partial charge in [-0.05, 0) is 37.7 Å². The Balaban J connectivity index is 1.70. The molecule has 29 heavy (non-hydrogen) atoms. The zero-order valence-corrected chi connectivity index (χ0v) is 17.0. The Morgan fingerprint density at radius 1 is 1.24 bits per heavy atom. The van der Waals surface area contributed by atoms with Gasteiger partial charge in [0.05, 0.1) is 17.7 Å². The van der Waals surface area contributed by atoms with Crippen LogP contribution in [0.4, 0.5) is 5.00 Å². The van der Waals surface area contributed by atoms with Crippen LogP contribution >= 0.6 is 11.3 Å². The van der Waals surface area contributed by atoms with Crippen LogP contribution in [0.3, 0.4) is 0 Å². The van der Waals surface area contributed by atoms with E-state index in [2.05, 4.69) is 12.2 Å². The minimum atomic E-state index is -0.717. The second kappa shape index (κ2) is 9.04. The molecule has 1 aliphatic rings. The molecule has 154 valence electrons. The summed E-state index contributed by atoms with van der Waals surface area (Å²) in [7, 11) is 0. The quantitative estimate of drug-likeness (QED) is 0.439. The molecule has 0 bridgehead atoms. The van der Waals surface area contributed by atoms with Crippen LogP contribution in [0.2, 0.25) is 0 Å². The van der Waals surface area contributed by atoms with Crippen molar-refractivity contribution in [1.82, 2.24) is 0 Å². The van der Waals surface area contributed by atoms with Gasteiger partial charge in [0.25, 0.3) is 5.91 Å². The highest BCUT2D eigenvalue weighted by molar-refractivity contribution is 7.17. The number of hydrogen-bond acceptors (Lipinski definition) is 7. The van der Waals surface area contributed by atoms with Crippen LogP contribution in [0.15, 0.2) is 24.5 Å². The van der Waals surface area contributed by atoms with E-state index in [1.807, 2.05) is 0 Å². The zero-order valence-electron chi connectivity index (χ0n) is 16.2. The lowest BCUT2D eigenvalue weighted by molar-refractivity contribution is -0.605. The topological polar surface area (TPSA) is 109 Å². The summed E-state index contributed by atoms with van der Waals surface area (Å²) in [4.78, 5) is 37.8. The first-order chi connectivity index (χ1) is 13.9. The maximum Gasteiger partial charge on any atom is 0.341 e. The van der Waals surface area contributed by atoms with Crippen molar-refractivity contribution in [3.63, 3.8) is 0 Å². The fourth-order valence-electron chi connectivity index (χ4n) is 3.18. The number of fused-ring (bicyclic) bond motifs is 1. The third-order valence-corrected chi connectivity index (χ3v) is 5.79. The van der Waals surface area contributed by atoms with Gasteiger partial charge in [0, 0.05) is 17.0 Å². The van der Waals surface area contributed by atoms with Gasteiger partial charge < -0.3 is 20.0 Å². The molecule has 0 unspecified atom stereocenters. The van der Waals surface area contributed by atoms with Crippen molar-refractivity contribution in [1.29, 1.82) is 0 Å². The molecule has 0 saturated heterocycles. The Hall–Kier alpha value is -2.94. The number of aromatic nitrogens is 1. The van der Waals surface area contributed by atoms with E-state index in [9.17, 15) is 19.6 Å². The number of thiophene rings is 1. The number of carbonyl (C=O) groups excluding carboxylic acids is 3. The monoisotopic (exact) mass is 418 g/mol. The number of anilines is 1. The zero-order chi connectivity index (χ0) is 21.0. The molecule has 0 radical (unpaired) electrons. The Bertz CT molecular complexity index is 922. The second-order valence-electron chi connectivity index (χ2n) is 6.85. The molecule has 2 aromatic rings. The number of amides is 1. The minimum absolute atomic E-state index is 0.165. The van der Waals surface area contributed by atoms with Gasteiger partial charge in [-0.25, -0.2) is 9.59 Å². The van der Waals surface area contributed by atoms with Crippen LogP contribution in [-0.4, -0.2) is 31.1 Å². The first kappa shape index (κ1) is 20.8. The summed E-state index contributed by atoms with van der Waals surface area (Å²) in [6.45, 7) is 3.62. The van der Waals surface area contributed by atoms with E-state index in [0.717, 1.165) is 29.7 Å². The number of esters is 2. The molecule has 1 amide bonds. The van der Waals surface area contributed by atoms with Crippen molar-refractivity contribution in [2.24, 2.45) is 5.92 Å². The highest BCUT2D eigenvalue weighted by atomic mass is 32.1. The number of ether oxygens (including phenoxy) is 2. The van der Waals surface area contributed by atoms with E-state index < -0.39 is 24.5 Å². The second-order valence-corrected chi connectivity index (χ2v) is 7.95. The molecular weight excluding hydrogens is 396 g/mol. The van der Waals surface area contributed by atoms with Crippen molar-refractivity contribution < 1.29 is 28.6 Å². The van der Waals surface area contributed by atoms with Gasteiger partial charge >= 0.3 is 11.9 Å². The number of nitrogens with zero attached hydrogens (tertiary/aromatic N) is 1. The average molecular weight is 418 g/mol. The molecule has 2 aromatic heterocycles. The Kier molecular flexibility index (Phi) is 6.48. The van der Waals surface area contributed by atoms with Gasteiger partial charge in [0.1, 0.15) is 5.00 Å². The number of nitrogens with one attached hydrogen (secondary N) is 1. The lowest BCUT2D eigenvalue weighted by Crippen LogP contribution is -2.25. The molecule has 0 aromatic carbocycles. The van der Waals surface area contributed by atoms with Crippen LogP contribution in [-0.2, 0) is 27.1 Å². The number of carbonyl (C=O) groups is 3. The van der Waals surface area contributed by atoms with E-state index in [1.165, 1.54) is 35.9 Å². The number of pyridine rings is 1. The highest BCUT2D eigenvalue weighted by Gasteiger charge is 2.29. The van der Waals surface area contributed by atoms with Crippen molar-refractivity contribution in [3.05, 3.63) is 51.3 Å². The fourth-order valence-corrected chi connectivity index (χ4v) is 4.60. The summed E-state index contributed by atoms with van der Waals surface area (Å²) >= 11 is 1.37. The molecule has 0 aliphatic heterocycles. The predicted octanol–water partition coefficient (Wildman–Crippen LogP) is 2.48. The third-order valence-electron chi connectivity index (χ3n) is 4.62. The minimum Gasteiger partial charge on any atom is -0.619 e. The Labute approximate surface area is 172 Å². The van der Waals surface area contributed by atoms with Gasteiger partial charge in [-0.15, -0.1) is 11.3 Å². The van der Waals surface area contributed by atoms with E-state index in [-0.39, 0.29) is 12.2 Å². The van der Waals surface area contributed by atoms with Gasteiger partial charge in [0.15, 0.2) is 19.0 Å². The van der Waals surface area contributed by atoms with Crippen LogP contribution in [0.1, 0.15) is 51.4 Å². The van der Waals surface area contributed by atoms with Crippen LogP contribution in [0.5, 0.6) is 0 Å². The van der Waals surface area contributed by atoms with Gasteiger partial charge in [0.2, 0.25) is 0 Å². The third kappa shape index (κ3) is 4.92. The smallest absolute Gasteiger partial charge is 0.341 e. The van der Waals surface area contributed by atoms with Crippen LogP contribution in [0.25, 0.3) is 0 Å². The van der Waals surface area contributed by atoms with E-state index >= 15 is 0 Å². The molecule has 0 fully saturated rings. The summed E-state index contributed by atoms with van der Waals surface area (Å²) in [5.41, 5.74) is 1.51. The highest BCUT2D eigenvalue weighted by Crippen LogP contribution is 2.40. The van der Waals surface area contributed by atoms with Crippen molar-refractivity contribution in [2.45, 2.75) is 33.1 Å². The maximum absolute atomic E-state index is 12.5. The summed E-state index contributed by atoms with van der Waals surface area (Å²) in [6, 6.07) is 2.61. The Morgan fingerprint density at radius 2 is 1.97 bits per heavy atom. The SMILES string of the molecule is CCOC(=O)c1c(NC(=O)COC(=O)c2cc[n+]([O-])cc2)sc2c1CC[C@H](C)C2. The first-order valence-corrected chi connectivity index (χ1v) is 10.2. The molecule has 9 heteroatoms. The van der Waals surface area contributed by atoms with Crippen LogP contribution < -0.4 is 10.0 Å². The molecule has 1 N–H and O–H groups in total. The number of rotatable bonds is 6. The molecular formula is C20H22N2O6S. The van der Waals surface area contributed by atoms with E-state index in [1.54, 1.807) is 6.92 Å². The van der Waals surface area contributed by atoms with Gasteiger partial charge in [-0.2, -0.15) is 4.73 Å².